The third-order valence-corrected chi connectivity index (χ3v) is 5.88. The smallest absolute Gasteiger partial charge is 0.204 e. The summed E-state index contributed by atoms with van der Waals surface area (Å²) in [7, 11) is 0. The lowest BCUT2D eigenvalue weighted by molar-refractivity contribution is -0.0306. The van der Waals surface area contributed by atoms with E-state index in [2.05, 4.69) is 6.92 Å². The minimum Gasteiger partial charge on any atom is -0.491 e. The predicted octanol–water partition coefficient (Wildman–Crippen LogP) is 5.36. The molecule has 0 bridgehead atoms. The van der Waals surface area contributed by atoms with E-state index in [1.54, 1.807) is 6.92 Å². The summed E-state index contributed by atoms with van der Waals surface area (Å²) in [5.74, 6) is -0.199. The fourth-order valence-electron chi connectivity index (χ4n) is 4.20. The second-order valence-corrected chi connectivity index (χ2v) is 7.70. The van der Waals surface area contributed by atoms with Gasteiger partial charge in [-0.3, -0.25) is 0 Å². The van der Waals surface area contributed by atoms with Gasteiger partial charge in [0.15, 0.2) is 11.5 Å². The summed E-state index contributed by atoms with van der Waals surface area (Å²) >= 11 is 0. The van der Waals surface area contributed by atoms with Gasteiger partial charge in [-0.2, -0.15) is 8.78 Å². The standard InChI is InChI=1S/C21H30F2O3/c1-3-24-18-10-11-19(21(23)20(18)22)26-12-15-5-8-16(9-6-15)17-7-4-14(2)25-13-17/h10-11,14-17H,3-9,12-13H2,1-2H3. The summed E-state index contributed by atoms with van der Waals surface area (Å²) < 4.78 is 44.5. The van der Waals surface area contributed by atoms with E-state index in [1.165, 1.54) is 31.4 Å². The molecule has 0 spiro atoms. The Bertz CT molecular complexity index is 577. The van der Waals surface area contributed by atoms with Crippen LogP contribution >= 0.6 is 0 Å². The van der Waals surface area contributed by atoms with E-state index < -0.39 is 11.6 Å². The quantitative estimate of drug-likeness (QED) is 0.676. The third-order valence-electron chi connectivity index (χ3n) is 5.88. The molecule has 1 heterocycles. The van der Waals surface area contributed by atoms with Crippen LogP contribution in [-0.4, -0.2) is 25.9 Å². The van der Waals surface area contributed by atoms with Gasteiger partial charge < -0.3 is 14.2 Å². The minimum atomic E-state index is -0.973. The second-order valence-electron chi connectivity index (χ2n) is 7.70. The highest BCUT2D eigenvalue weighted by Crippen LogP contribution is 2.38. The molecule has 3 nitrogen and oxygen atoms in total. The average Bonchev–Trinajstić information content (AvgIpc) is 2.66. The molecule has 5 heteroatoms. The van der Waals surface area contributed by atoms with Crippen LogP contribution in [0.2, 0.25) is 0 Å². The highest BCUT2D eigenvalue weighted by molar-refractivity contribution is 5.35. The lowest BCUT2D eigenvalue weighted by atomic mass is 9.74. The van der Waals surface area contributed by atoms with Crippen LogP contribution in [0.15, 0.2) is 12.1 Å². The fraction of sp³-hybridized carbons (Fsp3) is 0.714. The van der Waals surface area contributed by atoms with Gasteiger partial charge in [0.1, 0.15) is 0 Å². The molecule has 1 saturated heterocycles. The molecule has 1 aromatic carbocycles. The average molecular weight is 368 g/mol. The van der Waals surface area contributed by atoms with Gasteiger partial charge in [-0.25, -0.2) is 0 Å². The first kappa shape index (κ1) is 19.4. The SMILES string of the molecule is CCOc1ccc(OCC2CCC(C3CCC(C)OC3)CC2)c(F)c1F. The zero-order valence-corrected chi connectivity index (χ0v) is 15.8. The monoisotopic (exact) mass is 368 g/mol. The highest BCUT2D eigenvalue weighted by Gasteiger charge is 2.30. The van der Waals surface area contributed by atoms with Crippen LogP contribution in [0.3, 0.4) is 0 Å². The molecule has 1 aliphatic carbocycles. The Morgan fingerprint density at radius 3 is 2.12 bits per heavy atom. The van der Waals surface area contributed by atoms with Crippen LogP contribution in [0.4, 0.5) is 8.78 Å². The van der Waals surface area contributed by atoms with Gasteiger partial charge in [0.05, 0.1) is 25.9 Å². The molecule has 0 aromatic heterocycles. The topological polar surface area (TPSA) is 27.7 Å². The van der Waals surface area contributed by atoms with Crippen LogP contribution in [0.25, 0.3) is 0 Å². The lowest BCUT2D eigenvalue weighted by Gasteiger charge is -2.37. The van der Waals surface area contributed by atoms with Crippen molar-refractivity contribution in [3.8, 4) is 11.5 Å². The van der Waals surface area contributed by atoms with Crippen LogP contribution in [0.5, 0.6) is 11.5 Å². The second kappa shape index (κ2) is 9.03. The summed E-state index contributed by atoms with van der Waals surface area (Å²) in [6, 6.07) is 2.88. The van der Waals surface area contributed by atoms with E-state index in [0.29, 0.717) is 31.2 Å². The first-order chi connectivity index (χ1) is 12.6. The summed E-state index contributed by atoms with van der Waals surface area (Å²) in [6.45, 7) is 5.51. The normalized spacial score (nSPS) is 29.4. The van der Waals surface area contributed by atoms with Crippen molar-refractivity contribution < 1.29 is 23.0 Å². The Morgan fingerprint density at radius 1 is 0.923 bits per heavy atom. The lowest BCUT2D eigenvalue weighted by Crippen LogP contribution is -2.32. The number of rotatable bonds is 6. The van der Waals surface area contributed by atoms with Crippen molar-refractivity contribution >= 4 is 0 Å². The highest BCUT2D eigenvalue weighted by atomic mass is 19.2. The Kier molecular flexibility index (Phi) is 6.74. The number of halogens is 2. The zero-order chi connectivity index (χ0) is 18.5. The van der Waals surface area contributed by atoms with Gasteiger partial charge in [0.2, 0.25) is 11.6 Å². The molecule has 26 heavy (non-hydrogen) atoms. The zero-order valence-electron chi connectivity index (χ0n) is 15.8. The summed E-state index contributed by atoms with van der Waals surface area (Å²) in [6.07, 6.45) is 7.35. The first-order valence-electron chi connectivity index (χ1n) is 9.93. The van der Waals surface area contributed by atoms with Crippen LogP contribution in [-0.2, 0) is 4.74 Å². The Labute approximate surface area is 155 Å². The van der Waals surface area contributed by atoms with Crippen LogP contribution in [0, 0.1) is 29.4 Å². The molecule has 0 amide bonds. The van der Waals surface area contributed by atoms with Crippen molar-refractivity contribution in [3.63, 3.8) is 0 Å². The molecule has 2 aliphatic rings. The summed E-state index contributed by atoms with van der Waals surface area (Å²) in [5.41, 5.74) is 0. The van der Waals surface area contributed by atoms with Crippen molar-refractivity contribution in [1.82, 2.24) is 0 Å². The number of hydrogen-bond donors (Lipinski definition) is 0. The van der Waals surface area contributed by atoms with Crippen molar-refractivity contribution in [2.45, 2.75) is 58.5 Å². The number of ether oxygens (including phenoxy) is 3. The van der Waals surface area contributed by atoms with Gasteiger partial charge in [-0.05, 0) is 82.3 Å². The maximum Gasteiger partial charge on any atom is 0.204 e. The Hall–Kier alpha value is -1.36. The Morgan fingerprint density at radius 2 is 1.54 bits per heavy atom. The molecular formula is C21H30F2O3. The molecule has 2 atom stereocenters. The van der Waals surface area contributed by atoms with Gasteiger partial charge in [-0.1, -0.05) is 0 Å². The minimum absolute atomic E-state index is 0.0252. The summed E-state index contributed by atoms with van der Waals surface area (Å²) in [4.78, 5) is 0. The molecule has 2 fully saturated rings. The van der Waals surface area contributed by atoms with E-state index >= 15 is 0 Å². The first-order valence-corrected chi connectivity index (χ1v) is 9.93. The van der Waals surface area contributed by atoms with Crippen LogP contribution < -0.4 is 9.47 Å². The molecule has 2 unspecified atom stereocenters. The Balaban J connectivity index is 1.46. The maximum atomic E-state index is 14.1. The van der Waals surface area contributed by atoms with E-state index in [1.807, 2.05) is 0 Å². The van der Waals surface area contributed by atoms with Crippen molar-refractivity contribution in [1.29, 1.82) is 0 Å². The molecule has 1 saturated carbocycles. The maximum absolute atomic E-state index is 14.1. The molecule has 0 N–H and O–H groups in total. The largest absolute Gasteiger partial charge is 0.491 e. The van der Waals surface area contributed by atoms with E-state index in [4.69, 9.17) is 14.2 Å². The number of benzene rings is 1. The van der Waals surface area contributed by atoms with E-state index in [-0.39, 0.29) is 11.5 Å². The molecular weight excluding hydrogens is 338 g/mol. The summed E-state index contributed by atoms with van der Waals surface area (Å²) in [5, 5.41) is 0. The molecule has 1 aromatic rings. The number of hydrogen-bond acceptors (Lipinski definition) is 3. The molecule has 146 valence electrons. The van der Waals surface area contributed by atoms with Crippen molar-refractivity contribution in [3.05, 3.63) is 23.8 Å². The van der Waals surface area contributed by atoms with Gasteiger partial charge >= 0.3 is 0 Å². The van der Waals surface area contributed by atoms with Gasteiger partial charge in [0.25, 0.3) is 0 Å². The van der Waals surface area contributed by atoms with E-state index in [9.17, 15) is 8.78 Å². The van der Waals surface area contributed by atoms with E-state index in [0.717, 1.165) is 31.8 Å². The predicted molar refractivity (Wildman–Crippen MR) is 96.6 cm³/mol. The van der Waals surface area contributed by atoms with Crippen LogP contribution in [0.1, 0.15) is 52.4 Å². The third kappa shape index (κ3) is 4.67. The van der Waals surface area contributed by atoms with Crippen molar-refractivity contribution in [2.24, 2.45) is 17.8 Å². The van der Waals surface area contributed by atoms with Gasteiger partial charge in [-0.15, -0.1) is 0 Å². The molecule has 1 aliphatic heterocycles. The molecule has 3 rings (SSSR count). The fourth-order valence-corrected chi connectivity index (χ4v) is 4.20. The molecule has 0 radical (unpaired) electrons. The van der Waals surface area contributed by atoms with Gasteiger partial charge in [0, 0.05) is 0 Å². The van der Waals surface area contributed by atoms with Crippen molar-refractivity contribution in [2.75, 3.05) is 19.8 Å².